The SMILES string of the molecule is COc1ccc(NC(=S)NCCSCc2ccc(Cl)cc2)cc1OC. The monoisotopic (exact) mass is 396 g/mol. The fraction of sp³-hybridized carbons (Fsp3) is 0.278. The predicted octanol–water partition coefficient (Wildman–Crippen LogP) is 4.58. The van der Waals surface area contributed by atoms with Crippen LogP contribution < -0.4 is 20.1 Å². The molecule has 2 N–H and O–H groups in total. The summed E-state index contributed by atoms with van der Waals surface area (Å²) < 4.78 is 10.5. The largest absolute Gasteiger partial charge is 0.493 e. The molecule has 2 rings (SSSR count). The first-order valence-corrected chi connectivity index (χ1v) is 9.65. The molecule has 0 radical (unpaired) electrons. The van der Waals surface area contributed by atoms with Crippen molar-refractivity contribution in [2.24, 2.45) is 0 Å². The molecular formula is C18H21ClN2O2S2. The van der Waals surface area contributed by atoms with Crippen LogP contribution in [0.1, 0.15) is 5.56 Å². The zero-order valence-electron chi connectivity index (χ0n) is 14.2. The minimum absolute atomic E-state index is 0.583. The van der Waals surface area contributed by atoms with Crippen molar-refractivity contribution in [2.75, 3.05) is 31.8 Å². The van der Waals surface area contributed by atoms with E-state index in [4.69, 9.17) is 33.3 Å². The maximum Gasteiger partial charge on any atom is 0.170 e. The highest BCUT2D eigenvalue weighted by Gasteiger charge is 2.05. The van der Waals surface area contributed by atoms with E-state index >= 15 is 0 Å². The molecule has 0 spiro atoms. The summed E-state index contributed by atoms with van der Waals surface area (Å²) in [5, 5.41) is 7.69. The number of hydrogen-bond acceptors (Lipinski definition) is 4. The van der Waals surface area contributed by atoms with Crippen molar-refractivity contribution in [2.45, 2.75) is 5.75 Å². The number of anilines is 1. The summed E-state index contributed by atoms with van der Waals surface area (Å²) in [6.07, 6.45) is 0. The third-order valence-corrected chi connectivity index (χ3v) is 4.88. The summed E-state index contributed by atoms with van der Waals surface area (Å²) in [6, 6.07) is 13.5. The van der Waals surface area contributed by atoms with Gasteiger partial charge in [0.25, 0.3) is 0 Å². The Kier molecular flexibility index (Phi) is 8.18. The maximum atomic E-state index is 5.88. The van der Waals surface area contributed by atoms with Gasteiger partial charge in [0.1, 0.15) is 0 Å². The lowest BCUT2D eigenvalue weighted by Crippen LogP contribution is -2.30. The summed E-state index contributed by atoms with van der Waals surface area (Å²) in [6.45, 7) is 0.789. The second-order valence-corrected chi connectivity index (χ2v) is 7.08. The first-order valence-electron chi connectivity index (χ1n) is 7.71. The lowest BCUT2D eigenvalue weighted by molar-refractivity contribution is 0.355. The Morgan fingerprint density at radius 3 is 2.48 bits per heavy atom. The summed E-state index contributed by atoms with van der Waals surface area (Å²) in [4.78, 5) is 0. The van der Waals surface area contributed by atoms with Gasteiger partial charge in [0.2, 0.25) is 0 Å². The molecule has 0 atom stereocenters. The molecule has 0 amide bonds. The van der Waals surface area contributed by atoms with Gasteiger partial charge in [-0.3, -0.25) is 0 Å². The van der Waals surface area contributed by atoms with Crippen LogP contribution in [-0.2, 0) is 5.75 Å². The molecule has 25 heavy (non-hydrogen) atoms. The zero-order valence-corrected chi connectivity index (χ0v) is 16.6. The molecule has 0 aliphatic heterocycles. The van der Waals surface area contributed by atoms with Gasteiger partial charge in [0.05, 0.1) is 14.2 Å². The Hall–Kier alpha value is -1.63. The lowest BCUT2D eigenvalue weighted by atomic mass is 10.2. The van der Waals surface area contributed by atoms with Crippen LogP contribution in [0.4, 0.5) is 5.69 Å². The van der Waals surface area contributed by atoms with Crippen molar-refractivity contribution < 1.29 is 9.47 Å². The fourth-order valence-electron chi connectivity index (χ4n) is 2.10. The molecule has 0 aliphatic rings. The Morgan fingerprint density at radius 1 is 1.08 bits per heavy atom. The summed E-state index contributed by atoms with van der Waals surface area (Å²) in [5.41, 5.74) is 2.12. The summed E-state index contributed by atoms with van der Waals surface area (Å²) in [7, 11) is 3.22. The van der Waals surface area contributed by atoms with Crippen molar-refractivity contribution >= 4 is 46.4 Å². The van der Waals surface area contributed by atoms with E-state index in [9.17, 15) is 0 Å². The van der Waals surface area contributed by atoms with Crippen LogP contribution in [0, 0.1) is 0 Å². The normalized spacial score (nSPS) is 10.2. The predicted molar refractivity (Wildman–Crippen MR) is 111 cm³/mol. The molecule has 0 unspecified atom stereocenters. The highest BCUT2D eigenvalue weighted by molar-refractivity contribution is 7.98. The number of ether oxygens (including phenoxy) is 2. The van der Waals surface area contributed by atoms with Crippen LogP contribution in [-0.4, -0.2) is 31.6 Å². The zero-order chi connectivity index (χ0) is 18.1. The van der Waals surface area contributed by atoms with Crippen LogP contribution in [0.3, 0.4) is 0 Å². The van der Waals surface area contributed by atoms with Crippen LogP contribution in [0.2, 0.25) is 5.02 Å². The number of benzene rings is 2. The molecule has 0 saturated carbocycles. The topological polar surface area (TPSA) is 42.5 Å². The van der Waals surface area contributed by atoms with E-state index in [-0.39, 0.29) is 0 Å². The van der Waals surface area contributed by atoms with Crippen LogP contribution >= 0.6 is 35.6 Å². The van der Waals surface area contributed by atoms with Crippen LogP contribution in [0.5, 0.6) is 11.5 Å². The third-order valence-electron chi connectivity index (χ3n) is 3.36. The van der Waals surface area contributed by atoms with E-state index in [0.717, 1.165) is 28.8 Å². The average molecular weight is 397 g/mol. The van der Waals surface area contributed by atoms with Gasteiger partial charge in [-0.1, -0.05) is 23.7 Å². The number of rotatable bonds is 8. The van der Waals surface area contributed by atoms with Crippen LogP contribution in [0.15, 0.2) is 42.5 Å². The summed E-state index contributed by atoms with van der Waals surface area (Å²) in [5.74, 6) is 3.25. The van der Waals surface area contributed by atoms with E-state index in [1.54, 1.807) is 14.2 Å². The highest BCUT2D eigenvalue weighted by atomic mass is 35.5. The minimum atomic E-state index is 0.583. The number of methoxy groups -OCH3 is 2. The Balaban J connectivity index is 1.69. The van der Waals surface area contributed by atoms with Crippen molar-refractivity contribution in [1.29, 1.82) is 0 Å². The molecule has 2 aromatic rings. The molecule has 0 fully saturated rings. The van der Waals surface area contributed by atoms with Crippen molar-refractivity contribution in [3.63, 3.8) is 0 Å². The number of hydrogen-bond donors (Lipinski definition) is 2. The molecule has 7 heteroatoms. The van der Waals surface area contributed by atoms with E-state index in [2.05, 4.69) is 10.6 Å². The fourth-order valence-corrected chi connectivity index (χ4v) is 3.26. The molecule has 2 aromatic carbocycles. The van der Waals surface area contributed by atoms with Gasteiger partial charge in [-0.15, -0.1) is 0 Å². The number of nitrogens with one attached hydrogen (secondary N) is 2. The van der Waals surface area contributed by atoms with Gasteiger partial charge < -0.3 is 20.1 Å². The molecule has 0 aromatic heterocycles. The number of halogens is 1. The standard InChI is InChI=1S/C18H21ClN2O2S2/c1-22-16-8-7-15(11-17(16)23-2)21-18(24)20-9-10-25-12-13-3-5-14(19)6-4-13/h3-8,11H,9-10,12H2,1-2H3,(H2,20,21,24). The first-order chi connectivity index (χ1) is 12.1. The van der Waals surface area contributed by atoms with Crippen LogP contribution in [0.25, 0.3) is 0 Å². The third kappa shape index (κ3) is 6.65. The van der Waals surface area contributed by atoms with E-state index in [1.807, 2.05) is 54.2 Å². The van der Waals surface area contributed by atoms with Crippen molar-refractivity contribution in [3.05, 3.63) is 53.1 Å². The Morgan fingerprint density at radius 2 is 1.80 bits per heavy atom. The summed E-state index contributed by atoms with van der Waals surface area (Å²) >= 11 is 13.0. The van der Waals surface area contributed by atoms with Gasteiger partial charge in [-0.2, -0.15) is 11.8 Å². The molecule has 134 valence electrons. The molecule has 0 heterocycles. The van der Waals surface area contributed by atoms with Gasteiger partial charge in [0, 0.05) is 34.8 Å². The number of thioether (sulfide) groups is 1. The lowest BCUT2D eigenvalue weighted by Gasteiger charge is -2.13. The van der Waals surface area contributed by atoms with E-state index in [1.165, 1.54) is 5.56 Å². The Labute approximate surface area is 163 Å². The van der Waals surface area contributed by atoms with Gasteiger partial charge in [-0.05, 0) is 42.0 Å². The van der Waals surface area contributed by atoms with Gasteiger partial charge in [0.15, 0.2) is 16.6 Å². The molecule has 0 aliphatic carbocycles. The molecule has 0 saturated heterocycles. The second-order valence-electron chi connectivity index (χ2n) is 5.13. The minimum Gasteiger partial charge on any atom is -0.493 e. The second kappa shape index (κ2) is 10.4. The van der Waals surface area contributed by atoms with E-state index < -0.39 is 0 Å². The maximum absolute atomic E-state index is 5.88. The molecular weight excluding hydrogens is 376 g/mol. The van der Waals surface area contributed by atoms with E-state index in [0.29, 0.717) is 16.6 Å². The average Bonchev–Trinajstić information content (AvgIpc) is 2.62. The molecule has 4 nitrogen and oxygen atoms in total. The quantitative estimate of drug-likeness (QED) is 0.503. The smallest absolute Gasteiger partial charge is 0.170 e. The number of thiocarbonyl (C=S) groups is 1. The van der Waals surface area contributed by atoms with Gasteiger partial charge in [-0.25, -0.2) is 0 Å². The van der Waals surface area contributed by atoms with Crippen molar-refractivity contribution in [3.8, 4) is 11.5 Å². The Bertz CT molecular complexity index is 696. The van der Waals surface area contributed by atoms with Crippen molar-refractivity contribution in [1.82, 2.24) is 5.32 Å². The first kappa shape index (κ1) is 19.7. The highest BCUT2D eigenvalue weighted by Crippen LogP contribution is 2.29. The molecule has 0 bridgehead atoms. The van der Waals surface area contributed by atoms with Gasteiger partial charge >= 0.3 is 0 Å².